The van der Waals surface area contributed by atoms with Gasteiger partial charge in [0.25, 0.3) is 0 Å². The van der Waals surface area contributed by atoms with E-state index in [4.69, 9.17) is 9.47 Å². The highest BCUT2D eigenvalue weighted by Crippen LogP contribution is 2.37. The Morgan fingerprint density at radius 1 is 1.10 bits per heavy atom. The van der Waals surface area contributed by atoms with E-state index < -0.39 is 0 Å². The molecule has 0 aliphatic carbocycles. The Kier molecular flexibility index (Phi) is 4.88. The van der Waals surface area contributed by atoms with Crippen LogP contribution in [-0.4, -0.2) is 20.0 Å². The normalized spacial score (nSPS) is 12.7. The van der Waals surface area contributed by atoms with Crippen molar-refractivity contribution in [3.05, 3.63) is 23.1 Å². The van der Waals surface area contributed by atoms with Crippen LogP contribution < -0.4 is 9.47 Å². The van der Waals surface area contributed by atoms with Gasteiger partial charge in [-0.05, 0) is 29.4 Å². The van der Waals surface area contributed by atoms with Crippen LogP contribution >= 0.6 is 11.3 Å². The Morgan fingerprint density at radius 3 is 2.29 bits per heavy atom. The van der Waals surface area contributed by atoms with E-state index in [1.807, 2.05) is 18.2 Å². The van der Waals surface area contributed by atoms with Gasteiger partial charge in [-0.2, -0.15) is 0 Å². The number of hydrogen-bond donors (Lipinski definition) is 0. The second kappa shape index (κ2) is 6.48. The van der Waals surface area contributed by atoms with Gasteiger partial charge in [-0.15, -0.1) is 11.3 Å². The van der Waals surface area contributed by atoms with Crippen molar-refractivity contribution in [3.63, 3.8) is 0 Å². The molecule has 3 nitrogen and oxygen atoms in total. The molecule has 114 valence electrons. The summed E-state index contributed by atoms with van der Waals surface area (Å²) < 4.78 is 11.7. The average molecular weight is 306 g/mol. The lowest BCUT2D eigenvalue weighted by molar-refractivity contribution is 0.0957. The smallest absolute Gasteiger partial charge is 0.173 e. The first kappa shape index (κ1) is 15.8. The molecule has 2 aromatic rings. The van der Waals surface area contributed by atoms with Crippen molar-refractivity contribution in [3.8, 4) is 11.5 Å². The van der Waals surface area contributed by atoms with Crippen LogP contribution in [0.25, 0.3) is 10.1 Å². The number of hydrogen-bond acceptors (Lipinski definition) is 4. The van der Waals surface area contributed by atoms with Crippen molar-refractivity contribution in [2.75, 3.05) is 14.2 Å². The Morgan fingerprint density at radius 2 is 1.71 bits per heavy atom. The minimum atomic E-state index is 0.218. The number of carbonyl (C=O) groups excluding carboxylic acids is 1. The third kappa shape index (κ3) is 3.38. The Balaban J connectivity index is 2.32. The fourth-order valence-electron chi connectivity index (χ4n) is 2.13. The van der Waals surface area contributed by atoms with Gasteiger partial charge in [0.15, 0.2) is 17.3 Å². The Bertz CT molecular complexity index is 602. The van der Waals surface area contributed by atoms with Gasteiger partial charge in [-0.25, -0.2) is 0 Å². The zero-order valence-electron chi connectivity index (χ0n) is 13.2. The molecule has 0 radical (unpaired) electrons. The third-order valence-electron chi connectivity index (χ3n) is 3.94. The molecule has 0 saturated carbocycles. The van der Waals surface area contributed by atoms with E-state index in [-0.39, 0.29) is 5.78 Å². The Labute approximate surface area is 129 Å². The van der Waals surface area contributed by atoms with E-state index in [0.29, 0.717) is 29.8 Å². The molecule has 1 atom stereocenters. The maximum Gasteiger partial charge on any atom is 0.173 e. The predicted molar refractivity (Wildman–Crippen MR) is 87.9 cm³/mol. The first-order chi connectivity index (χ1) is 9.96. The molecule has 1 unspecified atom stereocenters. The van der Waals surface area contributed by atoms with E-state index in [1.165, 1.54) is 11.3 Å². The summed E-state index contributed by atoms with van der Waals surface area (Å²) in [4.78, 5) is 13.2. The van der Waals surface area contributed by atoms with Crippen LogP contribution in [0.5, 0.6) is 11.5 Å². The molecule has 1 heterocycles. The monoisotopic (exact) mass is 306 g/mol. The number of thiophene rings is 1. The minimum Gasteiger partial charge on any atom is -0.493 e. The second-order valence-electron chi connectivity index (χ2n) is 5.70. The molecular weight excluding hydrogens is 284 g/mol. The third-order valence-corrected chi connectivity index (χ3v) is 5.08. The zero-order valence-corrected chi connectivity index (χ0v) is 14.0. The summed E-state index contributed by atoms with van der Waals surface area (Å²) in [6, 6.07) is 5.81. The molecule has 0 saturated heterocycles. The molecule has 0 aliphatic heterocycles. The first-order valence-corrected chi connectivity index (χ1v) is 7.96. The molecule has 0 N–H and O–H groups in total. The summed E-state index contributed by atoms with van der Waals surface area (Å²) in [5, 5.41) is 1.03. The van der Waals surface area contributed by atoms with E-state index >= 15 is 0 Å². The number of methoxy groups -OCH3 is 2. The van der Waals surface area contributed by atoms with E-state index in [0.717, 1.165) is 15.0 Å². The van der Waals surface area contributed by atoms with Crippen LogP contribution in [-0.2, 0) is 0 Å². The molecule has 0 bridgehead atoms. The van der Waals surface area contributed by atoms with Crippen LogP contribution in [0.3, 0.4) is 0 Å². The van der Waals surface area contributed by atoms with Crippen molar-refractivity contribution in [1.82, 2.24) is 0 Å². The second-order valence-corrected chi connectivity index (χ2v) is 6.79. The van der Waals surface area contributed by atoms with Gasteiger partial charge in [0.05, 0.1) is 19.1 Å². The average Bonchev–Trinajstić information content (AvgIpc) is 2.88. The maximum atomic E-state index is 12.4. The van der Waals surface area contributed by atoms with Gasteiger partial charge in [0, 0.05) is 17.2 Å². The number of rotatable bonds is 6. The van der Waals surface area contributed by atoms with Crippen molar-refractivity contribution >= 4 is 27.2 Å². The highest BCUT2D eigenvalue weighted by molar-refractivity contribution is 7.20. The summed E-state index contributed by atoms with van der Waals surface area (Å²) in [6.07, 6.45) is 0.596. The van der Waals surface area contributed by atoms with Crippen LogP contribution in [0.15, 0.2) is 18.2 Å². The van der Waals surface area contributed by atoms with Gasteiger partial charge < -0.3 is 9.47 Å². The first-order valence-electron chi connectivity index (χ1n) is 7.15. The molecule has 21 heavy (non-hydrogen) atoms. The van der Waals surface area contributed by atoms with Crippen molar-refractivity contribution in [1.29, 1.82) is 0 Å². The maximum absolute atomic E-state index is 12.4. The van der Waals surface area contributed by atoms with Gasteiger partial charge in [-0.3, -0.25) is 4.79 Å². The van der Waals surface area contributed by atoms with Crippen molar-refractivity contribution in [2.24, 2.45) is 11.8 Å². The summed E-state index contributed by atoms with van der Waals surface area (Å²) in [5.74, 6) is 2.52. The van der Waals surface area contributed by atoms with Crippen LogP contribution in [0.2, 0.25) is 0 Å². The molecule has 0 fully saturated rings. The van der Waals surface area contributed by atoms with Crippen LogP contribution in [0, 0.1) is 11.8 Å². The highest BCUT2D eigenvalue weighted by Gasteiger charge is 2.17. The van der Waals surface area contributed by atoms with Crippen molar-refractivity contribution in [2.45, 2.75) is 27.2 Å². The predicted octanol–water partition coefficient (Wildman–Crippen LogP) is 4.78. The molecule has 2 rings (SSSR count). The number of benzene rings is 1. The van der Waals surface area contributed by atoms with Gasteiger partial charge in [0.2, 0.25) is 0 Å². The van der Waals surface area contributed by atoms with Crippen LogP contribution in [0.1, 0.15) is 36.9 Å². The number of carbonyl (C=O) groups is 1. The molecule has 0 amide bonds. The summed E-state index contributed by atoms with van der Waals surface area (Å²) in [5.41, 5.74) is 0. The Hall–Kier alpha value is -1.55. The molecule has 0 spiro atoms. The SMILES string of the molecule is COc1cc2cc(C(=O)CC(C)C(C)C)sc2cc1OC. The van der Waals surface area contributed by atoms with E-state index in [9.17, 15) is 4.79 Å². The largest absolute Gasteiger partial charge is 0.493 e. The molecule has 0 aliphatic rings. The standard InChI is InChI=1S/C17H22O3S/c1-10(2)11(3)6-13(18)17-8-12-7-14(19-4)15(20-5)9-16(12)21-17/h7-11H,6H2,1-5H3. The summed E-state index contributed by atoms with van der Waals surface area (Å²) >= 11 is 1.52. The van der Waals surface area contributed by atoms with Gasteiger partial charge in [0.1, 0.15) is 0 Å². The highest BCUT2D eigenvalue weighted by atomic mass is 32.1. The van der Waals surface area contributed by atoms with Crippen LogP contribution in [0.4, 0.5) is 0 Å². The fourth-order valence-corrected chi connectivity index (χ4v) is 3.15. The number of ketones is 1. The molecule has 1 aromatic heterocycles. The van der Waals surface area contributed by atoms with E-state index in [1.54, 1.807) is 14.2 Å². The lowest BCUT2D eigenvalue weighted by Crippen LogP contribution is -2.10. The molecular formula is C17H22O3S. The molecule has 4 heteroatoms. The quantitative estimate of drug-likeness (QED) is 0.720. The summed E-state index contributed by atoms with van der Waals surface area (Å²) in [6.45, 7) is 6.43. The lowest BCUT2D eigenvalue weighted by atomic mass is 9.92. The van der Waals surface area contributed by atoms with Crippen molar-refractivity contribution < 1.29 is 14.3 Å². The topological polar surface area (TPSA) is 35.5 Å². The minimum absolute atomic E-state index is 0.218. The fraction of sp³-hybridized carbons (Fsp3) is 0.471. The number of ether oxygens (including phenoxy) is 2. The van der Waals surface area contributed by atoms with Gasteiger partial charge in [-0.1, -0.05) is 20.8 Å². The lowest BCUT2D eigenvalue weighted by Gasteiger charge is -2.13. The summed E-state index contributed by atoms with van der Waals surface area (Å²) in [7, 11) is 3.24. The van der Waals surface area contributed by atoms with E-state index in [2.05, 4.69) is 20.8 Å². The zero-order chi connectivity index (χ0) is 15.6. The number of fused-ring (bicyclic) bond motifs is 1. The number of Topliss-reactive ketones (excluding diaryl/α,β-unsaturated/α-hetero) is 1. The molecule has 1 aromatic carbocycles. The van der Waals surface area contributed by atoms with Gasteiger partial charge >= 0.3 is 0 Å².